The van der Waals surface area contributed by atoms with Crippen molar-refractivity contribution in [2.75, 3.05) is 46.7 Å². The monoisotopic (exact) mass is 553 g/mol. The van der Waals surface area contributed by atoms with Gasteiger partial charge in [0, 0.05) is 19.9 Å². The number of hydrogen-bond acceptors (Lipinski definition) is 10. The van der Waals surface area contributed by atoms with Crippen LogP contribution in [0.1, 0.15) is 58.8 Å². The van der Waals surface area contributed by atoms with Gasteiger partial charge in [-0.2, -0.15) is 0 Å². The van der Waals surface area contributed by atoms with Gasteiger partial charge in [-0.25, -0.2) is 18.9 Å². The Morgan fingerprint density at radius 1 is 0.919 bits per heavy atom. The predicted molar refractivity (Wildman–Crippen MR) is 132 cm³/mol. The molecule has 0 saturated heterocycles. The maximum absolute atomic E-state index is 13.3. The van der Waals surface area contributed by atoms with Crippen molar-refractivity contribution >= 4 is 32.0 Å². The van der Waals surface area contributed by atoms with E-state index < -0.39 is 32.1 Å². The topological polar surface area (TPSA) is 186 Å². The lowest BCUT2D eigenvalue weighted by atomic mass is 9.83. The number of carboxylic acids is 1. The largest absolute Gasteiger partial charge is 0.508 e. The van der Waals surface area contributed by atoms with Gasteiger partial charge in [-0.05, 0) is 32.6 Å². The Morgan fingerprint density at radius 2 is 1.41 bits per heavy atom. The molecule has 0 radical (unpaired) electrons. The summed E-state index contributed by atoms with van der Waals surface area (Å²) in [6.45, 7) is 3.15. The van der Waals surface area contributed by atoms with Crippen LogP contribution < -0.4 is 5.73 Å². The van der Waals surface area contributed by atoms with Crippen molar-refractivity contribution in [2.45, 2.75) is 64.8 Å². The Morgan fingerprint density at radius 3 is 1.84 bits per heavy atom. The molecule has 0 aliphatic heterocycles. The number of aliphatic carboxylic acids is 1. The minimum atomic E-state index is -4.21. The number of nitrogens with two attached hydrogens (primary N) is 1. The van der Waals surface area contributed by atoms with Crippen LogP contribution in [0.5, 0.6) is 0 Å². The van der Waals surface area contributed by atoms with E-state index in [-0.39, 0.29) is 64.4 Å². The van der Waals surface area contributed by atoms with Crippen molar-refractivity contribution in [1.82, 2.24) is 4.90 Å². The van der Waals surface area contributed by atoms with Gasteiger partial charge in [0.2, 0.25) is 5.96 Å². The summed E-state index contributed by atoms with van der Waals surface area (Å²) < 4.78 is 47.0. The fourth-order valence-electron chi connectivity index (χ4n) is 3.67. The lowest BCUT2D eigenvalue weighted by molar-refractivity contribution is -0.143. The number of likely N-dealkylation sites (N-methyl/N-ethyl adjacent to an activating group) is 1. The van der Waals surface area contributed by atoms with E-state index in [2.05, 4.69) is 14.2 Å². The van der Waals surface area contributed by atoms with Gasteiger partial charge in [0.05, 0.1) is 39.6 Å². The molecule has 1 fully saturated rings. The zero-order valence-corrected chi connectivity index (χ0v) is 22.7. The van der Waals surface area contributed by atoms with Crippen molar-refractivity contribution < 1.29 is 52.1 Å². The van der Waals surface area contributed by atoms with Crippen LogP contribution in [0.15, 0.2) is 4.76 Å². The molecule has 1 saturated carbocycles. The van der Waals surface area contributed by atoms with Gasteiger partial charge in [0.25, 0.3) is 0 Å². The summed E-state index contributed by atoms with van der Waals surface area (Å²) in [5.74, 6) is -1.51. The fraction of sp³-hybridized carbons (Fsp3) is 0.818. The van der Waals surface area contributed by atoms with Crippen molar-refractivity contribution in [3.05, 3.63) is 0 Å². The highest BCUT2D eigenvalue weighted by molar-refractivity contribution is 7.52. The van der Waals surface area contributed by atoms with Crippen molar-refractivity contribution in [3.8, 4) is 0 Å². The maximum Gasteiger partial charge on any atom is 0.508 e. The lowest BCUT2D eigenvalue weighted by Crippen LogP contribution is -2.50. The van der Waals surface area contributed by atoms with Crippen LogP contribution in [0.2, 0.25) is 0 Å². The summed E-state index contributed by atoms with van der Waals surface area (Å²) >= 11 is 0. The molecule has 0 aromatic carbocycles. The zero-order chi connectivity index (χ0) is 27.7. The first-order valence-electron chi connectivity index (χ1n) is 12.4. The molecule has 1 atom stereocenters. The third kappa shape index (κ3) is 13.0. The Balaban J connectivity index is 2.83. The first kappa shape index (κ1) is 32.5. The summed E-state index contributed by atoms with van der Waals surface area (Å²) in [6, 6.07) is -0.951. The van der Waals surface area contributed by atoms with Gasteiger partial charge >= 0.3 is 26.0 Å². The van der Waals surface area contributed by atoms with E-state index in [0.29, 0.717) is 0 Å². The smallest absolute Gasteiger partial charge is 0.480 e. The van der Waals surface area contributed by atoms with Crippen LogP contribution in [0, 0.1) is 5.92 Å². The number of ether oxygens (including phenoxy) is 4. The zero-order valence-electron chi connectivity index (χ0n) is 21.8. The van der Waals surface area contributed by atoms with Crippen molar-refractivity contribution in [2.24, 2.45) is 16.4 Å². The lowest BCUT2D eigenvalue weighted by Gasteiger charge is -2.34. The molecule has 1 unspecified atom stereocenters. The Kier molecular flexibility index (Phi) is 15.6. The van der Waals surface area contributed by atoms with Gasteiger partial charge < -0.3 is 34.7 Å². The number of carboxylic acid groups (broad SMARTS) is 1. The molecule has 1 aliphatic rings. The van der Waals surface area contributed by atoms with E-state index in [1.165, 1.54) is 11.9 Å². The summed E-state index contributed by atoms with van der Waals surface area (Å²) in [7, 11) is -2.74. The Labute approximate surface area is 217 Å². The molecule has 214 valence electrons. The minimum Gasteiger partial charge on any atom is -0.480 e. The van der Waals surface area contributed by atoms with Gasteiger partial charge in [0.1, 0.15) is 6.04 Å². The second-order valence-electron chi connectivity index (χ2n) is 8.16. The highest BCUT2D eigenvalue weighted by Crippen LogP contribution is 2.50. The molecule has 1 aliphatic carbocycles. The van der Waals surface area contributed by atoms with E-state index in [1.807, 2.05) is 0 Å². The first-order valence-corrected chi connectivity index (χ1v) is 13.9. The molecule has 0 bridgehead atoms. The van der Waals surface area contributed by atoms with Crippen LogP contribution >= 0.6 is 7.75 Å². The number of carbonyl (C=O) groups is 3. The summed E-state index contributed by atoms with van der Waals surface area (Å²) in [4.78, 5) is 35.8. The second kappa shape index (κ2) is 17.8. The third-order valence-corrected chi connectivity index (χ3v) is 6.87. The second-order valence-corrected chi connectivity index (χ2v) is 9.81. The average molecular weight is 554 g/mol. The van der Waals surface area contributed by atoms with E-state index in [4.69, 9.17) is 24.3 Å². The molecule has 0 amide bonds. The van der Waals surface area contributed by atoms with E-state index in [0.717, 1.165) is 32.1 Å². The summed E-state index contributed by atoms with van der Waals surface area (Å²) in [6.07, 6.45) is 3.00. The molecular weight excluding hydrogens is 513 g/mol. The molecule has 14 nitrogen and oxygen atoms in total. The van der Waals surface area contributed by atoms with Crippen LogP contribution in [0.25, 0.3) is 0 Å². The highest BCUT2D eigenvalue weighted by Gasteiger charge is 2.35. The molecule has 0 heterocycles. The molecule has 1 rings (SSSR count). The quantitative estimate of drug-likeness (QED) is 0.0930. The Hall–Kier alpha value is -2.57. The van der Waals surface area contributed by atoms with Crippen LogP contribution in [0.4, 0.5) is 9.59 Å². The van der Waals surface area contributed by atoms with Crippen LogP contribution in [-0.2, 0) is 37.4 Å². The Bertz CT molecular complexity index is 758. The standard InChI is InChI=1S/C22H40N3O11P/c1-4-31-21(28)33-13-9-15-35-37(30,36-16-10-14-34-22(29)32-5-2)24-20(23)25(3)18(19(26)27)17-11-7-6-8-12-17/h17-18H,4-16H2,1-3H3,(H,26,27)(H2,23,24,30). The number of guanidine groups is 1. The van der Waals surface area contributed by atoms with Crippen LogP contribution in [-0.4, -0.2) is 87.0 Å². The normalized spacial score (nSPS) is 15.5. The SMILES string of the molecule is CCOC(=O)OCCCOP(=O)(N=C(N)N(C)C(C(=O)O)C1CCCCC1)OCCCOC(=O)OCC. The van der Waals surface area contributed by atoms with E-state index in [1.54, 1.807) is 13.8 Å². The molecule has 0 spiro atoms. The van der Waals surface area contributed by atoms with Gasteiger partial charge in [-0.1, -0.05) is 19.3 Å². The average Bonchev–Trinajstić information content (AvgIpc) is 2.84. The van der Waals surface area contributed by atoms with Crippen LogP contribution in [0.3, 0.4) is 0 Å². The maximum atomic E-state index is 13.3. The number of nitrogens with zero attached hydrogens (tertiary/aromatic N) is 2. The molecule has 0 aromatic heterocycles. The fourth-order valence-corrected chi connectivity index (χ4v) is 4.98. The van der Waals surface area contributed by atoms with Crippen molar-refractivity contribution in [3.63, 3.8) is 0 Å². The molecule has 0 aromatic rings. The summed E-state index contributed by atoms with van der Waals surface area (Å²) in [5.41, 5.74) is 6.06. The highest BCUT2D eigenvalue weighted by atomic mass is 31.2. The van der Waals surface area contributed by atoms with Gasteiger partial charge in [-0.3, -0.25) is 9.05 Å². The third-order valence-electron chi connectivity index (χ3n) is 5.40. The first-order chi connectivity index (χ1) is 17.6. The van der Waals surface area contributed by atoms with E-state index >= 15 is 0 Å². The minimum absolute atomic E-state index is 0.0614. The van der Waals surface area contributed by atoms with Gasteiger partial charge in [0.15, 0.2) is 0 Å². The number of hydrogen-bond donors (Lipinski definition) is 2. The molecular formula is C22H40N3O11P. The van der Waals surface area contributed by atoms with E-state index in [9.17, 15) is 24.1 Å². The number of rotatable bonds is 16. The number of carbonyl (C=O) groups excluding carboxylic acids is 2. The molecule has 3 N–H and O–H groups in total. The predicted octanol–water partition coefficient (Wildman–Crippen LogP) is 3.53. The van der Waals surface area contributed by atoms with Gasteiger partial charge in [-0.15, -0.1) is 4.76 Å². The molecule has 37 heavy (non-hydrogen) atoms. The summed E-state index contributed by atoms with van der Waals surface area (Å²) in [5, 5.41) is 9.82. The van der Waals surface area contributed by atoms with Crippen molar-refractivity contribution in [1.29, 1.82) is 0 Å². The molecule has 15 heteroatoms.